The molecule has 0 radical (unpaired) electrons. The molecule has 2 aromatic rings. The SMILES string of the molecule is COc1cn(CC(=O)NC(C)C)c(CN2CCO[C@H](c3ccccc3)C2)cc1=O. The van der Waals surface area contributed by atoms with Gasteiger partial charge in [-0.2, -0.15) is 0 Å². The Balaban J connectivity index is 1.78. The predicted octanol–water partition coefficient (Wildman–Crippen LogP) is 1.95. The van der Waals surface area contributed by atoms with E-state index < -0.39 is 0 Å². The number of rotatable bonds is 7. The number of morpholine rings is 1. The van der Waals surface area contributed by atoms with E-state index in [-0.39, 0.29) is 35.8 Å². The highest BCUT2D eigenvalue weighted by Crippen LogP contribution is 2.23. The number of ether oxygens (including phenoxy) is 2. The Kier molecular flexibility index (Phi) is 7.06. The van der Waals surface area contributed by atoms with Crippen LogP contribution in [-0.2, 0) is 22.6 Å². The first-order valence-corrected chi connectivity index (χ1v) is 9.92. The fourth-order valence-corrected chi connectivity index (χ4v) is 3.50. The molecule has 29 heavy (non-hydrogen) atoms. The third kappa shape index (κ3) is 5.68. The summed E-state index contributed by atoms with van der Waals surface area (Å²) in [7, 11) is 1.46. The summed E-state index contributed by atoms with van der Waals surface area (Å²) in [6, 6.07) is 11.7. The maximum Gasteiger partial charge on any atom is 0.240 e. The number of methoxy groups -OCH3 is 1. The van der Waals surface area contributed by atoms with Gasteiger partial charge < -0.3 is 19.4 Å². The Bertz CT molecular complexity index is 879. The molecule has 7 heteroatoms. The number of amides is 1. The topological polar surface area (TPSA) is 72.8 Å². The molecule has 1 aliphatic rings. The fourth-order valence-electron chi connectivity index (χ4n) is 3.50. The molecule has 1 aromatic carbocycles. The highest BCUT2D eigenvalue weighted by atomic mass is 16.5. The number of nitrogens with one attached hydrogen (secondary N) is 1. The number of aromatic nitrogens is 1. The van der Waals surface area contributed by atoms with Gasteiger partial charge >= 0.3 is 0 Å². The van der Waals surface area contributed by atoms with E-state index in [0.29, 0.717) is 13.2 Å². The van der Waals surface area contributed by atoms with Crippen molar-refractivity contribution >= 4 is 5.91 Å². The average molecular weight is 399 g/mol. The van der Waals surface area contributed by atoms with Crippen molar-refractivity contribution in [1.82, 2.24) is 14.8 Å². The van der Waals surface area contributed by atoms with Gasteiger partial charge in [-0.05, 0) is 19.4 Å². The molecule has 0 bridgehead atoms. The van der Waals surface area contributed by atoms with Crippen molar-refractivity contribution in [2.75, 3.05) is 26.8 Å². The first-order valence-electron chi connectivity index (χ1n) is 9.92. The van der Waals surface area contributed by atoms with Crippen LogP contribution < -0.4 is 15.5 Å². The van der Waals surface area contributed by atoms with Gasteiger partial charge in [-0.25, -0.2) is 0 Å². The number of hydrogen-bond acceptors (Lipinski definition) is 5. The number of pyridine rings is 1. The third-order valence-electron chi connectivity index (χ3n) is 4.87. The lowest BCUT2D eigenvalue weighted by atomic mass is 10.1. The summed E-state index contributed by atoms with van der Waals surface area (Å²) >= 11 is 0. The lowest BCUT2D eigenvalue weighted by molar-refractivity contribution is -0.122. The molecule has 156 valence electrons. The molecular weight excluding hydrogens is 370 g/mol. The summed E-state index contributed by atoms with van der Waals surface area (Å²) < 4.78 is 12.9. The van der Waals surface area contributed by atoms with E-state index >= 15 is 0 Å². The number of hydrogen-bond donors (Lipinski definition) is 1. The van der Waals surface area contributed by atoms with Crippen LogP contribution in [0, 0.1) is 0 Å². The molecule has 0 unspecified atom stereocenters. The van der Waals surface area contributed by atoms with Crippen LogP contribution in [0.1, 0.15) is 31.2 Å². The number of benzene rings is 1. The summed E-state index contributed by atoms with van der Waals surface area (Å²) in [6.07, 6.45) is 1.61. The van der Waals surface area contributed by atoms with Gasteiger partial charge in [0.2, 0.25) is 11.3 Å². The Hall–Kier alpha value is -2.64. The summed E-state index contributed by atoms with van der Waals surface area (Å²) in [6.45, 7) is 6.64. The van der Waals surface area contributed by atoms with E-state index in [9.17, 15) is 9.59 Å². The molecule has 1 atom stereocenters. The first kappa shape index (κ1) is 21.1. The summed E-state index contributed by atoms with van der Waals surface area (Å²) in [5, 5.41) is 2.89. The Morgan fingerprint density at radius 1 is 1.31 bits per heavy atom. The quantitative estimate of drug-likeness (QED) is 0.771. The zero-order valence-electron chi connectivity index (χ0n) is 17.3. The molecule has 3 rings (SSSR count). The second-order valence-electron chi connectivity index (χ2n) is 7.55. The molecule has 1 N–H and O–H groups in total. The first-order chi connectivity index (χ1) is 14.0. The van der Waals surface area contributed by atoms with Crippen LogP contribution >= 0.6 is 0 Å². The number of carbonyl (C=O) groups excluding carboxylic acids is 1. The summed E-state index contributed by atoms with van der Waals surface area (Å²) in [5.74, 6) is 0.131. The Labute approximate surface area is 171 Å². The Morgan fingerprint density at radius 3 is 2.76 bits per heavy atom. The zero-order chi connectivity index (χ0) is 20.8. The molecular formula is C22H29N3O4. The minimum Gasteiger partial charge on any atom is -0.491 e. The van der Waals surface area contributed by atoms with Gasteiger partial charge in [0.05, 0.1) is 26.0 Å². The lowest BCUT2D eigenvalue weighted by Crippen LogP contribution is -2.39. The van der Waals surface area contributed by atoms with Gasteiger partial charge in [-0.3, -0.25) is 14.5 Å². The van der Waals surface area contributed by atoms with Crippen LogP contribution in [-0.4, -0.2) is 48.2 Å². The smallest absolute Gasteiger partial charge is 0.240 e. The lowest BCUT2D eigenvalue weighted by Gasteiger charge is -2.33. The van der Waals surface area contributed by atoms with Crippen LogP contribution in [0.3, 0.4) is 0 Å². The van der Waals surface area contributed by atoms with Gasteiger partial charge in [0.1, 0.15) is 6.54 Å². The molecule has 1 aliphatic heterocycles. The van der Waals surface area contributed by atoms with Crippen LogP contribution in [0.15, 0.2) is 47.4 Å². The zero-order valence-corrected chi connectivity index (χ0v) is 17.3. The average Bonchev–Trinajstić information content (AvgIpc) is 2.70. The minimum absolute atomic E-state index is 0.00684. The van der Waals surface area contributed by atoms with Crippen molar-refractivity contribution in [3.05, 3.63) is 64.1 Å². The molecule has 2 heterocycles. The third-order valence-corrected chi connectivity index (χ3v) is 4.87. The minimum atomic E-state index is -0.184. The highest BCUT2D eigenvalue weighted by molar-refractivity contribution is 5.76. The van der Waals surface area contributed by atoms with Crippen molar-refractivity contribution in [2.45, 2.75) is 39.1 Å². The van der Waals surface area contributed by atoms with Crippen molar-refractivity contribution in [2.24, 2.45) is 0 Å². The van der Waals surface area contributed by atoms with Gasteiger partial charge in [-0.1, -0.05) is 30.3 Å². The van der Waals surface area contributed by atoms with Gasteiger partial charge in [-0.15, -0.1) is 0 Å². The molecule has 1 amide bonds. The van der Waals surface area contributed by atoms with Crippen molar-refractivity contribution in [3.8, 4) is 5.75 Å². The number of carbonyl (C=O) groups is 1. The van der Waals surface area contributed by atoms with E-state index in [0.717, 1.165) is 24.3 Å². The molecule has 0 aliphatic carbocycles. The van der Waals surface area contributed by atoms with Crippen molar-refractivity contribution in [1.29, 1.82) is 0 Å². The predicted molar refractivity (Wildman–Crippen MR) is 111 cm³/mol. The second kappa shape index (κ2) is 9.71. The van der Waals surface area contributed by atoms with Gasteiger partial charge in [0, 0.05) is 37.4 Å². The van der Waals surface area contributed by atoms with Gasteiger partial charge in [0.15, 0.2) is 5.75 Å². The van der Waals surface area contributed by atoms with E-state index in [2.05, 4.69) is 22.3 Å². The maximum atomic E-state index is 12.3. The molecule has 1 fully saturated rings. The largest absolute Gasteiger partial charge is 0.491 e. The highest BCUT2D eigenvalue weighted by Gasteiger charge is 2.23. The normalized spacial score (nSPS) is 17.3. The number of nitrogens with zero attached hydrogens (tertiary/aromatic N) is 2. The Morgan fingerprint density at radius 2 is 2.07 bits per heavy atom. The van der Waals surface area contributed by atoms with Crippen molar-refractivity contribution in [3.63, 3.8) is 0 Å². The second-order valence-corrected chi connectivity index (χ2v) is 7.55. The standard InChI is InChI=1S/C22H29N3O4/c1-16(2)23-22(27)15-25-14-21(28-3)19(26)11-18(25)12-24-9-10-29-20(13-24)17-7-5-4-6-8-17/h4-8,11,14,16,20H,9-10,12-13,15H2,1-3H3,(H,23,27)/t20-/m0/s1. The molecule has 0 saturated carbocycles. The molecule has 0 spiro atoms. The fraction of sp³-hybridized carbons (Fsp3) is 0.455. The van der Waals surface area contributed by atoms with Crippen LogP contribution in [0.5, 0.6) is 5.75 Å². The van der Waals surface area contributed by atoms with Crippen LogP contribution in [0.25, 0.3) is 0 Å². The summed E-state index contributed by atoms with van der Waals surface area (Å²) in [5.41, 5.74) is 1.74. The molecule has 1 saturated heterocycles. The van der Waals surface area contributed by atoms with E-state index in [1.54, 1.807) is 16.8 Å². The van der Waals surface area contributed by atoms with E-state index in [1.165, 1.54) is 7.11 Å². The van der Waals surface area contributed by atoms with E-state index in [4.69, 9.17) is 9.47 Å². The molecule has 1 aromatic heterocycles. The van der Waals surface area contributed by atoms with Crippen molar-refractivity contribution < 1.29 is 14.3 Å². The molecule has 7 nitrogen and oxygen atoms in total. The maximum absolute atomic E-state index is 12.3. The van der Waals surface area contributed by atoms with Gasteiger partial charge in [0.25, 0.3) is 0 Å². The van der Waals surface area contributed by atoms with Crippen LogP contribution in [0.2, 0.25) is 0 Å². The monoisotopic (exact) mass is 399 g/mol. The van der Waals surface area contributed by atoms with E-state index in [1.807, 2.05) is 32.0 Å². The summed E-state index contributed by atoms with van der Waals surface area (Å²) in [4.78, 5) is 26.9. The van der Waals surface area contributed by atoms with Crippen LogP contribution in [0.4, 0.5) is 0 Å².